The molecule has 1 aliphatic rings. The van der Waals surface area contributed by atoms with Crippen molar-refractivity contribution in [2.24, 2.45) is 4.99 Å². The lowest BCUT2D eigenvalue weighted by atomic mass is 9.98. The molecule has 80 valence electrons. The number of guanidine groups is 1. The molecule has 0 aromatic heterocycles. The number of methoxy groups -OCH3 is 1. The quantitative estimate of drug-likeness (QED) is 0.663. The third-order valence-electron chi connectivity index (χ3n) is 2.33. The van der Waals surface area contributed by atoms with E-state index in [1.807, 2.05) is 13.8 Å². The van der Waals surface area contributed by atoms with Crippen molar-refractivity contribution in [2.45, 2.75) is 25.8 Å². The molecular formula is C9H17N3O2. The van der Waals surface area contributed by atoms with Gasteiger partial charge in [0.25, 0.3) is 5.91 Å². The van der Waals surface area contributed by atoms with E-state index in [0.717, 1.165) is 0 Å². The second kappa shape index (κ2) is 4.41. The Bertz CT molecular complexity index is 252. The number of aliphatic imine (C=N–C) groups is 1. The van der Waals surface area contributed by atoms with Crippen LogP contribution in [-0.4, -0.2) is 37.7 Å². The summed E-state index contributed by atoms with van der Waals surface area (Å²) < 4.78 is 5.04. The monoisotopic (exact) mass is 199 g/mol. The van der Waals surface area contributed by atoms with Crippen LogP contribution in [0.2, 0.25) is 0 Å². The topological polar surface area (TPSA) is 62.7 Å². The summed E-state index contributed by atoms with van der Waals surface area (Å²) in [4.78, 5) is 15.8. The lowest BCUT2D eigenvalue weighted by Crippen LogP contribution is -2.50. The molecule has 0 spiro atoms. The minimum absolute atomic E-state index is 0.0611. The number of nitrogens with zero attached hydrogens (tertiary/aromatic N) is 1. The minimum Gasteiger partial charge on any atom is -0.382 e. The van der Waals surface area contributed by atoms with Crippen molar-refractivity contribution in [3.63, 3.8) is 0 Å². The zero-order chi connectivity index (χ0) is 10.6. The van der Waals surface area contributed by atoms with Crippen molar-refractivity contribution in [3.05, 3.63) is 0 Å². The fourth-order valence-electron chi connectivity index (χ4n) is 1.48. The molecule has 1 fully saturated rings. The standard InChI is InChI=1S/C9H17N3O2/c1-4-9(6-14-3)7(13)11-8(12-9)10-5-2/h4-6H2,1-3H3,(H2,10,11,12,13). The second-order valence-electron chi connectivity index (χ2n) is 3.27. The Morgan fingerprint density at radius 1 is 1.50 bits per heavy atom. The van der Waals surface area contributed by atoms with Crippen molar-refractivity contribution in [1.29, 1.82) is 0 Å². The van der Waals surface area contributed by atoms with Gasteiger partial charge in [0.2, 0.25) is 0 Å². The van der Waals surface area contributed by atoms with E-state index >= 15 is 0 Å². The first-order valence-corrected chi connectivity index (χ1v) is 4.81. The van der Waals surface area contributed by atoms with Crippen LogP contribution in [-0.2, 0) is 9.53 Å². The third kappa shape index (κ3) is 1.87. The number of hydrogen-bond donors (Lipinski definition) is 2. The molecule has 1 heterocycles. The van der Waals surface area contributed by atoms with Gasteiger partial charge in [0.05, 0.1) is 6.61 Å². The predicted octanol–water partition coefficient (Wildman–Crippen LogP) is -0.123. The van der Waals surface area contributed by atoms with E-state index in [1.165, 1.54) is 0 Å². The highest BCUT2D eigenvalue weighted by molar-refractivity contribution is 6.09. The summed E-state index contributed by atoms with van der Waals surface area (Å²) in [7, 11) is 1.58. The Hall–Kier alpha value is -1.10. The van der Waals surface area contributed by atoms with Crippen LogP contribution in [0.15, 0.2) is 4.99 Å². The van der Waals surface area contributed by atoms with E-state index in [-0.39, 0.29) is 5.91 Å². The first-order valence-electron chi connectivity index (χ1n) is 4.81. The minimum atomic E-state index is -0.636. The normalized spacial score (nSPS) is 29.1. The number of amides is 1. The molecule has 0 radical (unpaired) electrons. The fourth-order valence-corrected chi connectivity index (χ4v) is 1.48. The number of rotatable bonds is 4. The highest BCUT2D eigenvalue weighted by Crippen LogP contribution is 2.15. The average Bonchev–Trinajstić information content (AvgIpc) is 2.45. The molecule has 1 saturated heterocycles. The van der Waals surface area contributed by atoms with Crippen LogP contribution in [0, 0.1) is 0 Å². The van der Waals surface area contributed by atoms with Gasteiger partial charge in [0.1, 0.15) is 5.54 Å². The van der Waals surface area contributed by atoms with Crippen LogP contribution in [0.25, 0.3) is 0 Å². The summed E-state index contributed by atoms with van der Waals surface area (Å²) in [6.07, 6.45) is 0.676. The molecule has 1 amide bonds. The van der Waals surface area contributed by atoms with Crippen molar-refractivity contribution in [2.75, 3.05) is 20.3 Å². The summed E-state index contributed by atoms with van der Waals surface area (Å²) in [5, 5.41) is 5.77. The lowest BCUT2D eigenvalue weighted by Gasteiger charge is -2.23. The van der Waals surface area contributed by atoms with Crippen LogP contribution in [0.4, 0.5) is 0 Å². The van der Waals surface area contributed by atoms with Gasteiger partial charge in [-0.15, -0.1) is 0 Å². The first-order chi connectivity index (χ1) is 6.68. The van der Waals surface area contributed by atoms with Gasteiger partial charge in [-0.1, -0.05) is 6.92 Å². The van der Waals surface area contributed by atoms with Crippen molar-refractivity contribution >= 4 is 11.9 Å². The van der Waals surface area contributed by atoms with Crippen LogP contribution >= 0.6 is 0 Å². The number of ether oxygens (including phenoxy) is 1. The van der Waals surface area contributed by atoms with Crippen LogP contribution in [0.1, 0.15) is 20.3 Å². The number of carbonyl (C=O) groups excluding carboxylic acids is 1. The van der Waals surface area contributed by atoms with E-state index in [2.05, 4.69) is 15.6 Å². The molecule has 0 aromatic rings. The second-order valence-corrected chi connectivity index (χ2v) is 3.27. The smallest absolute Gasteiger partial charge is 0.254 e. The number of nitrogens with one attached hydrogen (secondary N) is 2. The van der Waals surface area contributed by atoms with Gasteiger partial charge in [-0.25, -0.2) is 0 Å². The summed E-state index contributed by atoms with van der Waals surface area (Å²) in [5.74, 6) is 0.491. The molecule has 14 heavy (non-hydrogen) atoms. The van der Waals surface area contributed by atoms with Crippen molar-refractivity contribution in [1.82, 2.24) is 10.6 Å². The van der Waals surface area contributed by atoms with E-state index in [9.17, 15) is 4.79 Å². The number of carbonyl (C=O) groups is 1. The zero-order valence-electron chi connectivity index (χ0n) is 8.89. The summed E-state index contributed by atoms with van der Waals surface area (Å²) in [6, 6.07) is 0. The van der Waals surface area contributed by atoms with Gasteiger partial charge in [-0.2, -0.15) is 0 Å². The van der Waals surface area contributed by atoms with Crippen molar-refractivity contribution < 1.29 is 9.53 Å². The highest BCUT2D eigenvalue weighted by Gasteiger charge is 2.43. The summed E-state index contributed by atoms with van der Waals surface area (Å²) >= 11 is 0. The van der Waals surface area contributed by atoms with E-state index in [1.54, 1.807) is 7.11 Å². The van der Waals surface area contributed by atoms with Gasteiger partial charge in [0, 0.05) is 13.7 Å². The molecule has 1 atom stereocenters. The Labute approximate surface area is 83.9 Å². The van der Waals surface area contributed by atoms with Gasteiger partial charge in [0.15, 0.2) is 5.96 Å². The molecule has 0 saturated carbocycles. The molecule has 0 aliphatic carbocycles. The van der Waals surface area contributed by atoms with Gasteiger partial charge >= 0.3 is 0 Å². The molecule has 1 aliphatic heterocycles. The van der Waals surface area contributed by atoms with Crippen LogP contribution in [0.3, 0.4) is 0 Å². The maximum Gasteiger partial charge on any atom is 0.254 e. The molecule has 5 heteroatoms. The summed E-state index contributed by atoms with van der Waals surface area (Å²) in [6.45, 7) is 4.87. The Kier molecular flexibility index (Phi) is 3.46. The third-order valence-corrected chi connectivity index (χ3v) is 2.33. The Morgan fingerprint density at radius 3 is 2.71 bits per heavy atom. The largest absolute Gasteiger partial charge is 0.382 e. The SMILES string of the molecule is CCN=C1NC(=O)C(CC)(COC)N1. The van der Waals surface area contributed by atoms with Crippen LogP contribution in [0.5, 0.6) is 0 Å². The van der Waals surface area contributed by atoms with E-state index < -0.39 is 5.54 Å². The molecule has 0 aromatic carbocycles. The summed E-state index contributed by atoms with van der Waals surface area (Å²) in [5.41, 5.74) is -0.636. The molecule has 2 N–H and O–H groups in total. The zero-order valence-corrected chi connectivity index (χ0v) is 8.89. The van der Waals surface area contributed by atoms with Crippen molar-refractivity contribution in [3.8, 4) is 0 Å². The highest BCUT2D eigenvalue weighted by atomic mass is 16.5. The van der Waals surface area contributed by atoms with Gasteiger partial charge in [-0.3, -0.25) is 15.1 Å². The molecule has 0 bridgehead atoms. The molecular weight excluding hydrogens is 182 g/mol. The molecule has 1 rings (SSSR count). The van der Waals surface area contributed by atoms with E-state index in [4.69, 9.17) is 4.74 Å². The van der Waals surface area contributed by atoms with Crippen LogP contribution < -0.4 is 10.6 Å². The maximum atomic E-state index is 11.7. The fraction of sp³-hybridized carbons (Fsp3) is 0.778. The molecule has 5 nitrogen and oxygen atoms in total. The first kappa shape index (κ1) is 11.0. The maximum absolute atomic E-state index is 11.7. The Balaban J connectivity index is 2.79. The number of hydrogen-bond acceptors (Lipinski definition) is 3. The van der Waals surface area contributed by atoms with Gasteiger partial charge in [-0.05, 0) is 13.3 Å². The lowest BCUT2D eigenvalue weighted by molar-refractivity contribution is -0.125. The van der Waals surface area contributed by atoms with E-state index in [0.29, 0.717) is 25.5 Å². The predicted molar refractivity (Wildman–Crippen MR) is 54.2 cm³/mol. The molecule has 1 unspecified atom stereocenters. The Morgan fingerprint density at radius 2 is 2.21 bits per heavy atom. The average molecular weight is 199 g/mol. The van der Waals surface area contributed by atoms with Gasteiger partial charge < -0.3 is 10.1 Å².